The maximum absolute atomic E-state index is 5.56. The summed E-state index contributed by atoms with van der Waals surface area (Å²) in [6.07, 6.45) is 1.89. The highest BCUT2D eigenvalue weighted by atomic mass is 32.1. The van der Waals surface area contributed by atoms with Crippen molar-refractivity contribution in [2.45, 2.75) is 13.5 Å². The second-order valence-corrected chi connectivity index (χ2v) is 4.36. The Bertz CT molecular complexity index is 417. The fraction of sp³-hybridized carbons (Fsp3) is 0.182. The Morgan fingerprint density at radius 2 is 2.14 bits per heavy atom. The topological polar surface area (TPSA) is 38.9 Å². The number of nitrogens with two attached hydrogens (primary N) is 1. The van der Waals surface area contributed by atoms with Crippen molar-refractivity contribution in [3.8, 4) is 10.6 Å². The lowest BCUT2D eigenvalue weighted by Crippen LogP contribution is -1.91. The van der Waals surface area contributed by atoms with Gasteiger partial charge in [0, 0.05) is 17.6 Å². The molecule has 0 spiro atoms. The summed E-state index contributed by atoms with van der Waals surface area (Å²) in [6.45, 7) is 2.65. The summed E-state index contributed by atoms with van der Waals surface area (Å²) in [5.74, 6) is 0. The Kier molecular flexibility index (Phi) is 2.61. The van der Waals surface area contributed by atoms with Crippen LogP contribution >= 0.6 is 11.3 Å². The van der Waals surface area contributed by atoms with Crippen LogP contribution in [-0.4, -0.2) is 4.98 Å². The largest absolute Gasteiger partial charge is 0.326 e. The Morgan fingerprint density at radius 3 is 2.71 bits per heavy atom. The second-order valence-electron chi connectivity index (χ2n) is 3.19. The summed E-state index contributed by atoms with van der Waals surface area (Å²) < 4.78 is 0. The molecule has 0 radical (unpaired) electrons. The first kappa shape index (κ1) is 9.37. The van der Waals surface area contributed by atoms with E-state index in [9.17, 15) is 0 Å². The minimum Gasteiger partial charge on any atom is -0.326 e. The number of nitrogens with zero attached hydrogens (tertiary/aromatic N) is 1. The van der Waals surface area contributed by atoms with E-state index in [-0.39, 0.29) is 0 Å². The third-order valence-corrected chi connectivity index (χ3v) is 3.16. The SMILES string of the molecule is Cc1ccc(-c2ccc(CN)s2)nc1. The molecule has 0 aromatic carbocycles. The smallest absolute Gasteiger partial charge is 0.0801 e. The zero-order chi connectivity index (χ0) is 9.97. The number of hydrogen-bond acceptors (Lipinski definition) is 3. The lowest BCUT2D eigenvalue weighted by molar-refractivity contribution is 1.11. The number of thiophene rings is 1. The summed E-state index contributed by atoms with van der Waals surface area (Å²) in [4.78, 5) is 6.75. The molecule has 0 atom stereocenters. The summed E-state index contributed by atoms with van der Waals surface area (Å²) in [5.41, 5.74) is 7.77. The van der Waals surface area contributed by atoms with E-state index in [2.05, 4.69) is 23.2 Å². The number of aryl methyl sites for hydroxylation is 1. The summed E-state index contributed by atoms with van der Waals surface area (Å²) >= 11 is 1.70. The molecule has 14 heavy (non-hydrogen) atoms. The van der Waals surface area contributed by atoms with Crippen molar-refractivity contribution >= 4 is 11.3 Å². The van der Waals surface area contributed by atoms with Crippen LogP contribution in [0.25, 0.3) is 10.6 Å². The first-order valence-corrected chi connectivity index (χ1v) is 5.33. The molecule has 0 amide bonds. The van der Waals surface area contributed by atoms with E-state index in [1.54, 1.807) is 11.3 Å². The van der Waals surface area contributed by atoms with Gasteiger partial charge < -0.3 is 5.73 Å². The molecule has 2 rings (SSSR count). The fourth-order valence-electron chi connectivity index (χ4n) is 1.24. The molecule has 0 saturated carbocycles. The third kappa shape index (κ3) is 1.84. The monoisotopic (exact) mass is 204 g/mol. The third-order valence-electron chi connectivity index (χ3n) is 2.03. The van der Waals surface area contributed by atoms with Gasteiger partial charge in [-0.05, 0) is 30.7 Å². The van der Waals surface area contributed by atoms with Gasteiger partial charge in [0.05, 0.1) is 10.6 Å². The highest BCUT2D eigenvalue weighted by Crippen LogP contribution is 2.26. The van der Waals surface area contributed by atoms with Crippen LogP contribution in [0.3, 0.4) is 0 Å². The van der Waals surface area contributed by atoms with Gasteiger partial charge in [0.1, 0.15) is 0 Å². The molecule has 0 fully saturated rings. The summed E-state index contributed by atoms with van der Waals surface area (Å²) in [7, 11) is 0. The average molecular weight is 204 g/mol. The quantitative estimate of drug-likeness (QED) is 0.816. The van der Waals surface area contributed by atoms with E-state index in [1.165, 1.54) is 15.3 Å². The van der Waals surface area contributed by atoms with Gasteiger partial charge in [-0.15, -0.1) is 11.3 Å². The molecule has 0 saturated heterocycles. The molecule has 2 aromatic heterocycles. The van der Waals surface area contributed by atoms with Gasteiger partial charge in [0.15, 0.2) is 0 Å². The Balaban J connectivity index is 2.34. The zero-order valence-corrected chi connectivity index (χ0v) is 8.84. The average Bonchev–Trinajstić information content (AvgIpc) is 2.67. The maximum atomic E-state index is 5.56. The van der Waals surface area contributed by atoms with Gasteiger partial charge in [-0.1, -0.05) is 6.07 Å². The standard InChI is InChI=1S/C11H12N2S/c1-8-2-4-10(13-7-8)11-5-3-9(6-12)14-11/h2-5,7H,6,12H2,1H3. The van der Waals surface area contributed by atoms with Crippen molar-refractivity contribution in [3.05, 3.63) is 40.9 Å². The lowest BCUT2D eigenvalue weighted by atomic mass is 10.2. The van der Waals surface area contributed by atoms with Crippen molar-refractivity contribution in [1.82, 2.24) is 4.98 Å². The Morgan fingerprint density at radius 1 is 1.29 bits per heavy atom. The predicted octanol–water partition coefficient (Wildman–Crippen LogP) is 2.58. The van der Waals surface area contributed by atoms with Crippen LogP contribution in [-0.2, 0) is 6.54 Å². The number of hydrogen-bond donors (Lipinski definition) is 1. The minimum absolute atomic E-state index is 0.608. The molecule has 2 heterocycles. The zero-order valence-electron chi connectivity index (χ0n) is 8.03. The van der Waals surface area contributed by atoms with Crippen LogP contribution in [0.5, 0.6) is 0 Å². The second kappa shape index (κ2) is 3.90. The molecule has 72 valence electrons. The minimum atomic E-state index is 0.608. The van der Waals surface area contributed by atoms with Crippen LogP contribution in [0.1, 0.15) is 10.4 Å². The van der Waals surface area contributed by atoms with Crippen molar-refractivity contribution in [2.24, 2.45) is 5.73 Å². The van der Waals surface area contributed by atoms with Gasteiger partial charge in [-0.25, -0.2) is 0 Å². The van der Waals surface area contributed by atoms with Crippen LogP contribution in [0.2, 0.25) is 0 Å². The highest BCUT2D eigenvalue weighted by molar-refractivity contribution is 7.15. The summed E-state index contributed by atoms with van der Waals surface area (Å²) in [5, 5.41) is 0. The molecule has 0 bridgehead atoms. The van der Waals surface area contributed by atoms with E-state index in [0.29, 0.717) is 6.54 Å². The van der Waals surface area contributed by atoms with Gasteiger partial charge in [0.25, 0.3) is 0 Å². The van der Waals surface area contributed by atoms with Crippen molar-refractivity contribution in [2.75, 3.05) is 0 Å². The van der Waals surface area contributed by atoms with E-state index in [0.717, 1.165) is 5.69 Å². The Hall–Kier alpha value is -1.19. The van der Waals surface area contributed by atoms with Crippen LogP contribution in [0.4, 0.5) is 0 Å². The van der Waals surface area contributed by atoms with Crippen LogP contribution in [0, 0.1) is 6.92 Å². The van der Waals surface area contributed by atoms with Crippen molar-refractivity contribution in [3.63, 3.8) is 0 Å². The predicted molar refractivity (Wildman–Crippen MR) is 60.2 cm³/mol. The maximum Gasteiger partial charge on any atom is 0.0801 e. The van der Waals surface area contributed by atoms with Crippen molar-refractivity contribution < 1.29 is 0 Å². The fourth-order valence-corrected chi connectivity index (χ4v) is 2.10. The molecule has 0 aliphatic heterocycles. The van der Waals surface area contributed by atoms with Crippen LogP contribution in [0.15, 0.2) is 30.5 Å². The van der Waals surface area contributed by atoms with Gasteiger partial charge in [-0.3, -0.25) is 4.98 Å². The molecule has 2 nitrogen and oxygen atoms in total. The molecule has 2 N–H and O–H groups in total. The van der Waals surface area contributed by atoms with Gasteiger partial charge in [0.2, 0.25) is 0 Å². The van der Waals surface area contributed by atoms with Gasteiger partial charge >= 0.3 is 0 Å². The highest BCUT2D eigenvalue weighted by Gasteiger charge is 2.02. The van der Waals surface area contributed by atoms with E-state index in [4.69, 9.17) is 5.73 Å². The number of rotatable bonds is 2. The summed E-state index contributed by atoms with van der Waals surface area (Å²) in [6, 6.07) is 8.25. The molecular weight excluding hydrogens is 192 g/mol. The molecular formula is C11H12N2S. The number of pyridine rings is 1. The van der Waals surface area contributed by atoms with E-state index >= 15 is 0 Å². The van der Waals surface area contributed by atoms with Crippen LogP contribution < -0.4 is 5.73 Å². The first-order chi connectivity index (χ1) is 6.79. The lowest BCUT2D eigenvalue weighted by Gasteiger charge is -1.96. The molecule has 0 unspecified atom stereocenters. The molecule has 3 heteroatoms. The normalized spacial score (nSPS) is 10.4. The van der Waals surface area contributed by atoms with Crippen molar-refractivity contribution in [1.29, 1.82) is 0 Å². The van der Waals surface area contributed by atoms with Gasteiger partial charge in [-0.2, -0.15) is 0 Å². The molecule has 2 aromatic rings. The first-order valence-electron chi connectivity index (χ1n) is 4.51. The van der Waals surface area contributed by atoms with E-state index < -0.39 is 0 Å². The molecule has 0 aliphatic carbocycles. The van der Waals surface area contributed by atoms with E-state index in [1.807, 2.05) is 19.2 Å². The Labute approximate surface area is 87.4 Å². The number of aromatic nitrogens is 1. The molecule has 0 aliphatic rings.